The van der Waals surface area contributed by atoms with Gasteiger partial charge in [0.15, 0.2) is 0 Å². The minimum absolute atomic E-state index is 0.807. The molecule has 0 fully saturated rings. The van der Waals surface area contributed by atoms with E-state index in [1.165, 1.54) is 0 Å². The van der Waals surface area contributed by atoms with Crippen molar-refractivity contribution in [3.63, 3.8) is 0 Å². The molecule has 0 amide bonds. The summed E-state index contributed by atoms with van der Waals surface area (Å²) in [6.07, 6.45) is 3.48. The number of rotatable bonds is 1. The molecule has 1 heterocycles. The summed E-state index contributed by atoms with van der Waals surface area (Å²) in [6, 6.07) is 12.0. The van der Waals surface area contributed by atoms with Gasteiger partial charge >= 0.3 is 0 Å². The minimum Gasteiger partial charge on any atom is -0.242 e. The molecule has 2 nitrogen and oxygen atoms in total. The molecule has 0 radical (unpaired) electrons. The average Bonchev–Trinajstić information content (AvgIpc) is 2.33. The summed E-state index contributed by atoms with van der Waals surface area (Å²) in [5.74, 6) is 0.807. The van der Waals surface area contributed by atoms with Crippen LogP contribution in [-0.2, 0) is 0 Å². The van der Waals surface area contributed by atoms with E-state index >= 15 is 0 Å². The summed E-state index contributed by atoms with van der Waals surface area (Å²) in [5.41, 5.74) is 2.11. The lowest BCUT2D eigenvalue weighted by atomic mass is 10.1. The number of benzene rings is 1. The van der Waals surface area contributed by atoms with Crippen LogP contribution < -0.4 is 0 Å². The second kappa shape index (κ2) is 6.19. The van der Waals surface area contributed by atoms with E-state index in [1.807, 2.05) is 43.3 Å². The van der Waals surface area contributed by atoms with Crippen molar-refractivity contribution in [2.45, 2.75) is 6.92 Å². The van der Waals surface area contributed by atoms with Crippen molar-refractivity contribution in [3.05, 3.63) is 48.4 Å². The van der Waals surface area contributed by atoms with Crippen LogP contribution in [0.5, 0.6) is 0 Å². The fourth-order valence-electron chi connectivity index (χ4n) is 1.23. The lowest BCUT2D eigenvalue weighted by molar-refractivity contribution is 1.06. The summed E-state index contributed by atoms with van der Waals surface area (Å²) >= 11 is 3.53. The van der Waals surface area contributed by atoms with Crippen LogP contribution in [0.3, 0.4) is 0 Å². The second-order valence-electron chi connectivity index (χ2n) is 2.86. The zero-order valence-corrected chi connectivity index (χ0v) is 9.78. The van der Waals surface area contributed by atoms with Gasteiger partial charge in [-0.05, 0) is 19.2 Å². The molecular weight excluding hydrogens is 204 g/mol. The highest BCUT2D eigenvalue weighted by molar-refractivity contribution is 7.79. The van der Waals surface area contributed by atoms with E-state index < -0.39 is 0 Å². The highest BCUT2D eigenvalue weighted by Gasteiger charge is 1.97. The number of hydrogen-bond acceptors (Lipinski definition) is 3. The molecule has 78 valence electrons. The lowest BCUT2D eigenvalue weighted by Gasteiger charge is -1.99. The van der Waals surface area contributed by atoms with Crippen molar-refractivity contribution in [1.82, 2.24) is 9.97 Å². The average molecular weight is 218 g/mol. The third-order valence-electron chi connectivity index (χ3n) is 1.85. The Hall–Kier alpha value is -1.35. The molecule has 0 spiro atoms. The van der Waals surface area contributed by atoms with E-state index in [-0.39, 0.29) is 0 Å². The van der Waals surface area contributed by atoms with E-state index in [0.29, 0.717) is 0 Å². The van der Waals surface area contributed by atoms with Crippen LogP contribution in [-0.4, -0.2) is 16.2 Å². The Morgan fingerprint density at radius 1 is 1.00 bits per heavy atom. The summed E-state index contributed by atoms with van der Waals surface area (Å²) in [5, 5.41) is 0. The third-order valence-corrected chi connectivity index (χ3v) is 1.85. The smallest absolute Gasteiger partial charge is 0.125 e. The fraction of sp³-hybridized carbons (Fsp3) is 0.167. The van der Waals surface area contributed by atoms with E-state index in [2.05, 4.69) is 22.6 Å². The molecular formula is C12H14N2S. The SMILES string of the molecule is CS.Cc1nccc(-c2ccccc2)n1. The van der Waals surface area contributed by atoms with Crippen LogP contribution in [0.25, 0.3) is 11.3 Å². The van der Waals surface area contributed by atoms with Gasteiger partial charge in [-0.2, -0.15) is 12.6 Å². The molecule has 0 saturated carbocycles. The quantitative estimate of drug-likeness (QED) is 0.745. The van der Waals surface area contributed by atoms with E-state index in [1.54, 1.807) is 12.5 Å². The standard InChI is InChI=1S/C11H10N2.CH4S/c1-9-12-8-7-11(13-9)10-5-3-2-4-6-10;1-2/h2-8H,1H3;2H,1H3. The molecule has 0 atom stereocenters. The molecule has 1 aromatic heterocycles. The first-order chi connectivity index (χ1) is 7.36. The highest BCUT2D eigenvalue weighted by Crippen LogP contribution is 2.14. The molecule has 3 heteroatoms. The van der Waals surface area contributed by atoms with E-state index in [9.17, 15) is 0 Å². The molecule has 2 rings (SSSR count). The molecule has 0 aliphatic heterocycles. The van der Waals surface area contributed by atoms with Crippen molar-refractivity contribution in [2.24, 2.45) is 0 Å². The molecule has 0 aliphatic rings. The maximum atomic E-state index is 4.33. The maximum absolute atomic E-state index is 4.33. The predicted molar refractivity (Wildman–Crippen MR) is 67.1 cm³/mol. The lowest BCUT2D eigenvalue weighted by Crippen LogP contribution is -1.88. The highest BCUT2D eigenvalue weighted by atomic mass is 32.1. The van der Waals surface area contributed by atoms with Gasteiger partial charge < -0.3 is 0 Å². The molecule has 15 heavy (non-hydrogen) atoms. The first-order valence-corrected chi connectivity index (χ1v) is 5.55. The number of hydrogen-bond donors (Lipinski definition) is 1. The van der Waals surface area contributed by atoms with Crippen molar-refractivity contribution >= 4 is 12.6 Å². The first-order valence-electron chi connectivity index (χ1n) is 4.66. The van der Waals surface area contributed by atoms with Crippen LogP contribution in [0.4, 0.5) is 0 Å². The van der Waals surface area contributed by atoms with Crippen LogP contribution in [0.1, 0.15) is 5.82 Å². The second-order valence-corrected chi connectivity index (χ2v) is 2.86. The fourth-order valence-corrected chi connectivity index (χ4v) is 1.23. The summed E-state index contributed by atoms with van der Waals surface area (Å²) < 4.78 is 0. The zero-order chi connectivity index (χ0) is 11.1. The zero-order valence-electron chi connectivity index (χ0n) is 8.88. The first kappa shape index (κ1) is 11.7. The Morgan fingerprint density at radius 2 is 1.67 bits per heavy atom. The van der Waals surface area contributed by atoms with Gasteiger partial charge in [0.1, 0.15) is 5.82 Å². The van der Waals surface area contributed by atoms with Gasteiger partial charge in [0.2, 0.25) is 0 Å². The van der Waals surface area contributed by atoms with Gasteiger partial charge in [-0.3, -0.25) is 0 Å². The Morgan fingerprint density at radius 3 is 2.27 bits per heavy atom. The van der Waals surface area contributed by atoms with Crippen LogP contribution >= 0.6 is 12.6 Å². The Balaban J connectivity index is 0.000000531. The van der Waals surface area contributed by atoms with Gasteiger partial charge in [0, 0.05) is 11.8 Å². The van der Waals surface area contributed by atoms with Crippen molar-refractivity contribution < 1.29 is 0 Å². The summed E-state index contributed by atoms with van der Waals surface area (Å²) in [6.45, 7) is 1.90. The monoisotopic (exact) mass is 218 g/mol. The van der Waals surface area contributed by atoms with Crippen molar-refractivity contribution in [3.8, 4) is 11.3 Å². The molecule has 0 unspecified atom stereocenters. The molecule has 0 bridgehead atoms. The van der Waals surface area contributed by atoms with Crippen LogP contribution in [0.15, 0.2) is 42.6 Å². The topological polar surface area (TPSA) is 25.8 Å². The molecule has 0 aliphatic carbocycles. The molecule has 1 aromatic carbocycles. The third kappa shape index (κ3) is 3.36. The summed E-state index contributed by atoms with van der Waals surface area (Å²) in [4.78, 5) is 8.39. The van der Waals surface area contributed by atoms with E-state index in [0.717, 1.165) is 17.1 Å². The summed E-state index contributed by atoms with van der Waals surface area (Å²) in [7, 11) is 0. The van der Waals surface area contributed by atoms with Crippen molar-refractivity contribution in [1.29, 1.82) is 0 Å². The van der Waals surface area contributed by atoms with Gasteiger partial charge in [0.05, 0.1) is 5.69 Å². The van der Waals surface area contributed by atoms with Crippen LogP contribution in [0, 0.1) is 6.92 Å². The Bertz CT molecular complexity index is 401. The predicted octanol–water partition coefficient (Wildman–Crippen LogP) is 3.00. The number of nitrogens with zero attached hydrogens (tertiary/aromatic N) is 2. The van der Waals surface area contributed by atoms with Gasteiger partial charge in [0.25, 0.3) is 0 Å². The molecule has 0 saturated heterocycles. The Labute approximate surface area is 95.8 Å². The largest absolute Gasteiger partial charge is 0.242 e. The number of aromatic nitrogens is 2. The van der Waals surface area contributed by atoms with Crippen molar-refractivity contribution in [2.75, 3.05) is 6.26 Å². The number of thiol groups is 1. The van der Waals surface area contributed by atoms with E-state index in [4.69, 9.17) is 0 Å². The number of aryl methyl sites for hydroxylation is 1. The van der Waals surface area contributed by atoms with Gasteiger partial charge in [-0.25, -0.2) is 9.97 Å². The van der Waals surface area contributed by atoms with Gasteiger partial charge in [-0.1, -0.05) is 30.3 Å². The molecule has 0 N–H and O–H groups in total. The normalized spacial score (nSPS) is 9.00. The van der Waals surface area contributed by atoms with Gasteiger partial charge in [-0.15, -0.1) is 0 Å². The molecule has 2 aromatic rings. The Kier molecular flexibility index (Phi) is 4.84. The maximum Gasteiger partial charge on any atom is 0.125 e. The van der Waals surface area contributed by atoms with Crippen LogP contribution in [0.2, 0.25) is 0 Å². The minimum atomic E-state index is 0.807.